The van der Waals surface area contributed by atoms with Gasteiger partial charge in [0.15, 0.2) is 5.69 Å². The molecule has 2 aromatic heterocycles. The third-order valence-corrected chi connectivity index (χ3v) is 5.23. The minimum atomic E-state index is -0.744. The van der Waals surface area contributed by atoms with Gasteiger partial charge in [-0.2, -0.15) is 5.10 Å². The van der Waals surface area contributed by atoms with Crippen LogP contribution in [-0.4, -0.2) is 52.2 Å². The normalized spacial score (nSPS) is 11.3. The van der Waals surface area contributed by atoms with Crippen LogP contribution in [0.15, 0.2) is 60.8 Å². The topological polar surface area (TPSA) is 102 Å². The molecule has 9 heteroatoms. The van der Waals surface area contributed by atoms with Gasteiger partial charge >= 0.3 is 18.0 Å². The Kier molecular flexibility index (Phi) is 6.17. The van der Waals surface area contributed by atoms with Crippen molar-refractivity contribution in [2.45, 2.75) is 26.4 Å². The molecule has 0 aliphatic rings. The van der Waals surface area contributed by atoms with Crippen LogP contribution in [0.25, 0.3) is 27.8 Å². The molecule has 0 aliphatic heterocycles. The molecule has 4 rings (SSSR count). The molecule has 0 spiro atoms. The van der Waals surface area contributed by atoms with Crippen LogP contribution in [0.4, 0.5) is 4.79 Å². The number of esters is 2. The highest BCUT2D eigenvalue weighted by Crippen LogP contribution is 2.34. The lowest BCUT2D eigenvalue weighted by molar-refractivity contribution is 0.0542. The van der Waals surface area contributed by atoms with E-state index in [0.717, 1.165) is 0 Å². The number of carbonyl (C=O) groups excluding carboxylic acids is 3. The average molecular weight is 476 g/mol. The summed E-state index contributed by atoms with van der Waals surface area (Å²) >= 11 is 0. The van der Waals surface area contributed by atoms with Crippen molar-refractivity contribution in [2.24, 2.45) is 0 Å². The smallest absolute Gasteiger partial charge is 0.418 e. The first-order valence-corrected chi connectivity index (χ1v) is 10.8. The quantitative estimate of drug-likeness (QED) is 0.307. The molecule has 0 atom stereocenters. The molecule has 0 fully saturated rings. The summed E-state index contributed by atoms with van der Waals surface area (Å²) in [5, 5.41) is 5.28. The van der Waals surface area contributed by atoms with Gasteiger partial charge in [-0.15, -0.1) is 0 Å². The van der Waals surface area contributed by atoms with E-state index in [-0.39, 0.29) is 17.0 Å². The van der Waals surface area contributed by atoms with Crippen molar-refractivity contribution >= 4 is 28.9 Å². The summed E-state index contributed by atoms with van der Waals surface area (Å²) in [5.41, 5.74) is 1.08. The molecule has 4 aromatic rings. The van der Waals surface area contributed by atoms with E-state index in [9.17, 15) is 14.4 Å². The molecular formula is C26H25N3O6. The van der Waals surface area contributed by atoms with Gasteiger partial charge in [0.2, 0.25) is 0 Å². The number of ether oxygens (including phenoxy) is 3. The summed E-state index contributed by atoms with van der Waals surface area (Å²) in [6.45, 7) is 5.36. The zero-order valence-electron chi connectivity index (χ0n) is 20.1. The maximum atomic E-state index is 12.9. The highest BCUT2D eigenvalue weighted by molar-refractivity contribution is 6.10. The second-order valence-electron chi connectivity index (χ2n) is 8.71. The summed E-state index contributed by atoms with van der Waals surface area (Å²) in [5.74, 6) is -1.49. The van der Waals surface area contributed by atoms with Crippen LogP contribution in [0.1, 0.15) is 41.6 Å². The van der Waals surface area contributed by atoms with Gasteiger partial charge in [0, 0.05) is 17.1 Å². The summed E-state index contributed by atoms with van der Waals surface area (Å²) in [6, 6.07) is 15.9. The van der Waals surface area contributed by atoms with E-state index in [1.165, 1.54) is 23.5 Å². The van der Waals surface area contributed by atoms with E-state index in [1.54, 1.807) is 75.5 Å². The van der Waals surface area contributed by atoms with E-state index >= 15 is 0 Å². The number of aromatic nitrogens is 3. The lowest BCUT2D eigenvalue weighted by Crippen LogP contribution is -2.26. The Bertz CT molecular complexity index is 1430. The Morgan fingerprint density at radius 2 is 1.54 bits per heavy atom. The van der Waals surface area contributed by atoms with Gasteiger partial charge in [0.05, 0.1) is 25.4 Å². The molecule has 180 valence electrons. The third kappa shape index (κ3) is 4.40. The molecule has 0 unspecified atom stereocenters. The minimum absolute atomic E-state index is 0.0410. The van der Waals surface area contributed by atoms with Gasteiger partial charge in [0.1, 0.15) is 16.9 Å². The number of rotatable bonds is 4. The molecule has 35 heavy (non-hydrogen) atoms. The molecule has 0 radical (unpaired) electrons. The second-order valence-corrected chi connectivity index (χ2v) is 8.71. The van der Waals surface area contributed by atoms with E-state index < -0.39 is 23.6 Å². The first kappa shape index (κ1) is 23.7. The van der Waals surface area contributed by atoms with Crippen LogP contribution < -0.4 is 0 Å². The molecule has 0 amide bonds. The molecule has 2 aromatic carbocycles. The lowest BCUT2D eigenvalue weighted by Gasteiger charge is -2.19. The van der Waals surface area contributed by atoms with Crippen molar-refractivity contribution in [1.82, 2.24) is 14.3 Å². The van der Waals surface area contributed by atoms with Crippen molar-refractivity contribution in [2.75, 3.05) is 14.2 Å². The van der Waals surface area contributed by atoms with Gasteiger partial charge < -0.3 is 14.2 Å². The Hall–Kier alpha value is -4.40. The number of hydrogen-bond acceptors (Lipinski definition) is 7. The molecule has 0 saturated carbocycles. The first-order valence-electron chi connectivity index (χ1n) is 10.8. The molecular weight excluding hydrogens is 450 g/mol. The predicted molar refractivity (Wildman–Crippen MR) is 129 cm³/mol. The highest BCUT2D eigenvalue weighted by atomic mass is 16.6. The number of carbonyl (C=O) groups is 3. The fraction of sp³-hybridized carbons (Fsp3) is 0.231. The summed E-state index contributed by atoms with van der Waals surface area (Å²) in [4.78, 5) is 38.5. The minimum Gasteiger partial charge on any atom is -0.465 e. The van der Waals surface area contributed by atoms with Gasteiger partial charge in [-0.1, -0.05) is 30.3 Å². The van der Waals surface area contributed by atoms with Crippen molar-refractivity contribution in [1.29, 1.82) is 0 Å². The van der Waals surface area contributed by atoms with Gasteiger partial charge in [-0.05, 0) is 45.0 Å². The molecule has 2 heterocycles. The number of benzene rings is 2. The monoisotopic (exact) mass is 475 g/mol. The number of hydrogen-bond donors (Lipinski definition) is 0. The van der Waals surface area contributed by atoms with E-state index in [0.29, 0.717) is 22.2 Å². The predicted octanol–water partition coefficient (Wildman–Crippen LogP) is 4.85. The number of nitrogens with zero attached hydrogens (tertiary/aromatic N) is 3. The Balaban J connectivity index is 1.99. The molecule has 0 saturated heterocycles. The lowest BCUT2D eigenvalue weighted by atomic mass is 10.0. The number of fused-ring (bicyclic) bond motifs is 1. The SMILES string of the molecule is COC(=O)c1c(-c2cccc3c2ccn3C(=O)OC(C)(C)C)nn(-c2ccccc2)c1C(=O)OC. The second kappa shape index (κ2) is 9.09. The highest BCUT2D eigenvalue weighted by Gasteiger charge is 2.32. The number of methoxy groups -OCH3 is 2. The van der Waals surface area contributed by atoms with Gasteiger partial charge in [-0.25, -0.2) is 19.1 Å². The zero-order chi connectivity index (χ0) is 25.3. The fourth-order valence-corrected chi connectivity index (χ4v) is 3.79. The Morgan fingerprint density at radius 1 is 0.857 bits per heavy atom. The van der Waals surface area contributed by atoms with Crippen LogP contribution in [0.2, 0.25) is 0 Å². The van der Waals surface area contributed by atoms with Crippen molar-refractivity contribution in [3.63, 3.8) is 0 Å². The third-order valence-electron chi connectivity index (χ3n) is 5.23. The summed E-state index contributed by atoms with van der Waals surface area (Å²) in [6.07, 6.45) is 1.05. The van der Waals surface area contributed by atoms with Crippen LogP contribution in [0.5, 0.6) is 0 Å². The molecule has 9 nitrogen and oxygen atoms in total. The zero-order valence-corrected chi connectivity index (χ0v) is 20.1. The standard InChI is InChI=1S/C26H25N3O6/c1-26(2,3)35-25(32)28-15-14-17-18(12-9-13-19(17)28)21-20(23(30)33-4)22(24(31)34-5)29(27-21)16-10-7-6-8-11-16/h6-15H,1-5H3. The first-order chi connectivity index (χ1) is 16.7. The summed E-state index contributed by atoms with van der Waals surface area (Å²) < 4.78 is 18.2. The number of para-hydroxylation sites is 1. The van der Waals surface area contributed by atoms with Crippen LogP contribution in [-0.2, 0) is 14.2 Å². The van der Waals surface area contributed by atoms with E-state index in [4.69, 9.17) is 14.2 Å². The summed E-state index contributed by atoms with van der Waals surface area (Å²) in [7, 11) is 2.46. The van der Waals surface area contributed by atoms with Crippen molar-refractivity contribution < 1.29 is 28.6 Å². The van der Waals surface area contributed by atoms with Crippen LogP contribution in [0, 0.1) is 0 Å². The molecule has 0 N–H and O–H groups in total. The largest absolute Gasteiger partial charge is 0.465 e. The van der Waals surface area contributed by atoms with Crippen LogP contribution in [0.3, 0.4) is 0 Å². The Morgan fingerprint density at radius 3 is 2.17 bits per heavy atom. The fourth-order valence-electron chi connectivity index (χ4n) is 3.79. The van der Waals surface area contributed by atoms with Crippen molar-refractivity contribution in [3.8, 4) is 16.9 Å². The van der Waals surface area contributed by atoms with Gasteiger partial charge in [0.25, 0.3) is 0 Å². The van der Waals surface area contributed by atoms with E-state index in [2.05, 4.69) is 5.10 Å². The van der Waals surface area contributed by atoms with Gasteiger partial charge in [-0.3, -0.25) is 4.57 Å². The maximum Gasteiger partial charge on any atom is 0.418 e. The molecule has 0 aliphatic carbocycles. The maximum absolute atomic E-state index is 12.9. The van der Waals surface area contributed by atoms with E-state index in [1.807, 2.05) is 6.07 Å². The molecule has 0 bridgehead atoms. The van der Waals surface area contributed by atoms with Crippen LogP contribution >= 0.6 is 0 Å². The average Bonchev–Trinajstić information content (AvgIpc) is 3.45. The Labute approximate surface area is 201 Å². The van der Waals surface area contributed by atoms with Crippen molar-refractivity contribution in [3.05, 3.63) is 72.1 Å².